The van der Waals surface area contributed by atoms with Crippen molar-refractivity contribution < 1.29 is 14.7 Å². The van der Waals surface area contributed by atoms with Gasteiger partial charge in [0.05, 0.1) is 17.4 Å². The van der Waals surface area contributed by atoms with Crippen LogP contribution >= 0.6 is 0 Å². The first-order valence-corrected chi connectivity index (χ1v) is 6.23. The number of likely N-dealkylation sites (N-methyl/N-ethyl adjacent to an activating group) is 1. The highest BCUT2D eigenvalue weighted by Gasteiger charge is 2.20. The number of nitrogens with one attached hydrogen (secondary N) is 1. The summed E-state index contributed by atoms with van der Waals surface area (Å²) in [5.41, 5.74) is 0.456. The Labute approximate surface area is 112 Å². The molecule has 6 nitrogen and oxygen atoms in total. The number of nitrogens with zero attached hydrogens (tertiary/aromatic N) is 2. The second-order valence-electron chi connectivity index (χ2n) is 4.10. The van der Waals surface area contributed by atoms with Crippen molar-refractivity contribution in [2.24, 2.45) is 0 Å². The van der Waals surface area contributed by atoms with Gasteiger partial charge >= 0.3 is 5.97 Å². The molecular formula is C13H19N3O3. The predicted molar refractivity (Wildman–Crippen MR) is 72.2 cm³/mol. The quantitative estimate of drug-likeness (QED) is 0.813. The molecule has 1 heterocycles. The third kappa shape index (κ3) is 3.67. The van der Waals surface area contributed by atoms with Crippen molar-refractivity contribution in [3.8, 4) is 0 Å². The number of hydrogen-bond acceptors (Lipinski definition) is 4. The SMILES string of the molecule is CCN(CC)C(=O)C(C)Nc1cnccc1C(=O)O. The van der Waals surface area contributed by atoms with Crippen molar-refractivity contribution in [3.63, 3.8) is 0 Å². The molecule has 0 aromatic carbocycles. The van der Waals surface area contributed by atoms with Gasteiger partial charge in [-0.05, 0) is 26.8 Å². The highest BCUT2D eigenvalue weighted by molar-refractivity contribution is 5.95. The maximum atomic E-state index is 12.1. The number of carboxylic acids is 1. The van der Waals surface area contributed by atoms with Crippen LogP contribution in [0.4, 0.5) is 5.69 Å². The number of aromatic carboxylic acids is 1. The summed E-state index contributed by atoms with van der Waals surface area (Å²) in [6.45, 7) is 6.77. The molecule has 0 saturated heterocycles. The zero-order valence-electron chi connectivity index (χ0n) is 11.4. The summed E-state index contributed by atoms with van der Waals surface area (Å²) in [6, 6.07) is 0.904. The molecule has 0 bridgehead atoms. The van der Waals surface area contributed by atoms with Crippen LogP contribution < -0.4 is 5.32 Å². The van der Waals surface area contributed by atoms with Gasteiger partial charge in [0.1, 0.15) is 6.04 Å². The summed E-state index contributed by atoms with van der Waals surface area (Å²) in [6.07, 6.45) is 2.82. The van der Waals surface area contributed by atoms with E-state index in [1.165, 1.54) is 18.5 Å². The second-order valence-corrected chi connectivity index (χ2v) is 4.10. The Morgan fingerprint density at radius 2 is 2.05 bits per heavy atom. The molecule has 0 saturated carbocycles. The van der Waals surface area contributed by atoms with Crippen LogP contribution in [0.3, 0.4) is 0 Å². The molecule has 0 spiro atoms. The van der Waals surface area contributed by atoms with Gasteiger partial charge in [-0.2, -0.15) is 0 Å². The lowest BCUT2D eigenvalue weighted by molar-refractivity contribution is -0.131. The Balaban J connectivity index is 2.85. The van der Waals surface area contributed by atoms with Crippen LogP contribution in [0.15, 0.2) is 18.5 Å². The van der Waals surface area contributed by atoms with Crippen molar-refractivity contribution in [1.29, 1.82) is 0 Å². The highest BCUT2D eigenvalue weighted by atomic mass is 16.4. The van der Waals surface area contributed by atoms with Crippen molar-refractivity contribution in [1.82, 2.24) is 9.88 Å². The molecule has 2 N–H and O–H groups in total. The molecule has 1 aromatic rings. The number of aromatic nitrogens is 1. The largest absolute Gasteiger partial charge is 0.478 e. The molecule has 1 rings (SSSR count). The van der Waals surface area contributed by atoms with Gasteiger partial charge < -0.3 is 15.3 Å². The van der Waals surface area contributed by atoms with E-state index in [4.69, 9.17) is 5.11 Å². The molecule has 1 aromatic heterocycles. The summed E-state index contributed by atoms with van der Waals surface area (Å²) in [4.78, 5) is 28.7. The monoisotopic (exact) mass is 265 g/mol. The molecule has 0 aliphatic carbocycles. The zero-order chi connectivity index (χ0) is 14.4. The Kier molecular flexibility index (Phi) is 5.29. The smallest absolute Gasteiger partial charge is 0.337 e. The molecule has 0 fully saturated rings. The van der Waals surface area contributed by atoms with Gasteiger partial charge in [-0.15, -0.1) is 0 Å². The summed E-state index contributed by atoms with van der Waals surface area (Å²) < 4.78 is 0. The average Bonchev–Trinajstić information content (AvgIpc) is 2.40. The van der Waals surface area contributed by atoms with Crippen LogP contribution in [-0.2, 0) is 4.79 Å². The lowest BCUT2D eigenvalue weighted by Gasteiger charge is -2.24. The third-order valence-corrected chi connectivity index (χ3v) is 2.87. The topological polar surface area (TPSA) is 82.5 Å². The Hall–Kier alpha value is -2.11. The Morgan fingerprint density at radius 3 is 2.58 bits per heavy atom. The molecule has 19 heavy (non-hydrogen) atoms. The summed E-state index contributed by atoms with van der Waals surface area (Å²) >= 11 is 0. The number of carboxylic acid groups (broad SMARTS) is 1. The van der Waals surface area contributed by atoms with E-state index in [2.05, 4.69) is 10.3 Å². The third-order valence-electron chi connectivity index (χ3n) is 2.87. The van der Waals surface area contributed by atoms with E-state index in [1.807, 2.05) is 13.8 Å². The summed E-state index contributed by atoms with van der Waals surface area (Å²) in [7, 11) is 0. The van der Waals surface area contributed by atoms with E-state index in [9.17, 15) is 9.59 Å². The first kappa shape index (κ1) is 14.9. The van der Waals surface area contributed by atoms with Gasteiger partial charge in [0.15, 0.2) is 0 Å². The zero-order valence-corrected chi connectivity index (χ0v) is 11.4. The number of carbonyl (C=O) groups is 2. The standard InChI is InChI=1S/C13H19N3O3/c1-4-16(5-2)12(17)9(3)15-11-8-14-7-6-10(11)13(18)19/h6-9,15H,4-5H2,1-3H3,(H,18,19). The Bertz CT molecular complexity index is 458. The van der Waals surface area contributed by atoms with Crippen LogP contribution in [-0.4, -0.2) is 46.0 Å². The fourth-order valence-corrected chi connectivity index (χ4v) is 1.80. The number of anilines is 1. The number of rotatable bonds is 6. The maximum Gasteiger partial charge on any atom is 0.337 e. The van der Waals surface area contributed by atoms with Crippen molar-refractivity contribution in [2.45, 2.75) is 26.8 Å². The minimum absolute atomic E-state index is 0.0646. The van der Waals surface area contributed by atoms with Gasteiger partial charge in [-0.3, -0.25) is 9.78 Å². The molecule has 0 aliphatic rings. The first-order valence-electron chi connectivity index (χ1n) is 6.23. The fraction of sp³-hybridized carbons (Fsp3) is 0.462. The average molecular weight is 265 g/mol. The van der Waals surface area contributed by atoms with E-state index < -0.39 is 12.0 Å². The summed E-state index contributed by atoms with van der Waals surface area (Å²) in [5.74, 6) is -1.11. The van der Waals surface area contributed by atoms with Crippen LogP contribution in [0, 0.1) is 0 Å². The minimum Gasteiger partial charge on any atom is -0.478 e. The van der Waals surface area contributed by atoms with Crippen LogP contribution in [0.1, 0.15) is 31.1 Å². The van der Waals surface area contributed by atoms with E-state index in [1.54, 1.807) is 11.8 Å². The van der Waals surface area contributed by atoms with E-state index in [0.717, 1.165) is 0 Å². The van der Waals surface area contributed by atoms with Crippen LogP contribution in [0.25, 0.3) is 0 Å². The van der Waals surface area contributed by atoms with Crippen molar-refractivity contribution in [2.75, 3.05) is 18.4 Å². The van der Waals surface area contributed by atoms with E-state index in [-0.39, 0.29) is 11.5 Å². The van der Waals surface area contributed by atoms with Gasteiger partial charge in [-0.1, -0.05) is 0 Å². The number of amides is 1. The van der Waals surface area contributed by atoms with Gasteiger partial charge in [-0.25, -0.2) is 4.79 Å². The lowest BCUT2D eigenvalue weighted by Crippen LogP contribution is -2.41. The molecule has 1 amide bonds. The van der Waals surface area contributed by atoms with Crippen LogP contribution in [0.2, 0.25) is 0 Å². The maximum absolute atomic E-state index is 12.1. The lowest BCUT2D eigenvalue weighted by atomic mass is 10.2. The van der Waals surface area contributed by atoms with Gasteiger partial charge in [0, 0.05) is 19.3 Å². The minimum atomic E-state index is -1.05. The van der Waals surface area contributed by atoms with Crippen molar-refractivity contribution >= 4 is 17.6 Å². The molecule has 6 heteroatoms. The number of pyridine rings is 1. The fourth-order valence-electron chi connectivity index (χ4n) is 1.80. The predicted octanol–water partition coefficient (Wildman–Crippen LogP) is 1.45. The molecule has 1 unspecified atom stereocenters. The normalized spacial score (nSPS) is 11.7. The van der Waals surface area contributed by atoms with Gasteiger partial charge in [0.25, 0.3) is 0 Å². The molecule has 0 aliphatic heterocycles. The van der Waals surface area contributed by atoms with Gasteiger partial charge in [0.2, 0.25) is 5.91 Å². The first-order chi connectivity index (χ1) is 9.01. The van der Waals surface area contributed by atoms with Crippen LogP contribution in [0.5, 0.6) is 0 Å². The molecule has 104 valence electrons. The highest BCUT2D eigenvalue weighted by Crippen LogP contribution is 2.15. The summed E-state index contributed by atoms with van der Waals surface area (Å²) in [5, 5.41) is 12.0. The molecular weight excluding hydrogens is 246 g/mol. The van der Waals surface area contributed by atoms with Crippen molar-refractivity contribution in [3.05, 3.63) is 24.0 Å². The van der Waals surface area contributed by atoms with E-state index in [0.29, 0.717) is 18.8 Å². The molecule has 1 atom stereocenters. The van der Waals surface area contributed by atoms with E-state index >= 15 is 0 Å². The number of carbonyl (C=O) groups excluding carboxylic acids is 1. The molecule has 0 radical (unpaired) electrons. The second kappa shape index (κ2) is 6.72. The number of hydrogen-bond donors (Lipinski definition) is 2. The Morgan fingerprint density at radius 1 is 1.42 bits per heavy atom.